The summed E-state index contributed by atoms with van der Waals surface area (Å²) in [5, 5.41) is 2.61. The molecule has 0 aliphatic heterocycles. The van der Waals surface area contributed by atoms with Crippen LogP contribution in [0.1, 0.15) is 10.4 Å². The summed E-state index contributed by atoms with van der Waals surface area (Å²) in [4.78, 5) is 28.2. The normalized spacial score (nSPS) is 11.1. The summed E-state index contributed by atoms with van der Waals surface area (Å²) >= 11 is 17.7. The Morgan fingerprint density at radius 3 is 2.38 bits per heavy atom. The Morgan fingerprint density at radius 1 is 1.06 bits per heavy atom. The van der Waals surface area contributed by atoms with Gasteiger partial charge in [0.2, 0.25) is 0 Å². The van der Waals surface area contributed by atoms with Crippen LogP contribution >= 0.6 is 34.8 Å². The van der Waals surface area contributed by atoms with Crippen molar-refractivity contribution >= 4 is 68.2 Å². The van der Waals surface area contributed by atoms with Crippen molar-refractivity contribution in [2.75, 3.05) is 23.3 Å². The molecule has 8 nitrogen and oxygen atoms in total. The Labute approximate surface area is 209 Å². The molecular formula is C21H15Cl3FN3O5S. The Kier molecular flexibility index (Phi) is 7.98. The van der Waals surface area contributed by atoms with E-state index in [9.17, 15) is 22.4 Å². The first-order chi connectivity index (χ1) is 16.0. The highest BCUT2D eigenvalue weighted by atomic mass is 35.5. The first kappa shape index (κ1) is 25.7. The maximum absolute atomic E-state index is 13.2. The number of hydrogen-bond acceptors (Lipinski definition) is 6. The molecule has 1 N–H and O–H groups in total. The number of carbonyl (C=O) groups is 2. The van der Waals surface area contributed by atoms with Gasteiger partial charge in [-0.3, -0.25) is 9.10 Å². The lowest BCUT2D eigenvalue weighted by Crippen LogP contribution is -2.27. The second-order valence-corrected chi connectivity index (χ2v) is 9.92. The molecule has 1 amide bonds. The van der Waals surface area contributed by atoms with Crippen molar-refractivity contribution in [2.45, 2.75) is 4.90 Å². The van der Waals surface area contributed by atoms with Crippen molar-refractivity contribution < 1.29 is 27.1 Å². The van der Waals surface area contributed by atoms with Gasteiger partial charge in [0.15, 0.2) is 12.4 Å². The summed E-state index contributed by atoms with van der Waals surface area (Å²) in [5.74, 6) is -2.29. The molecule has 0 saturated carbocycles. The van der Waals surface area contributed by atoms with Gasteiger partial charge in [0.25, 0.3) is 15.9 Å². The number of carbonyl (C=O) groups excluding carboxylic acids is 2. The highest BCUT2D eigenvalue weighted by molar-refractivity contribution is 7.92. The van der Waals surface area contributed by atoms with Crippen LogP contribution in [0.15, 0.2) is 59.6 Å². The number of nitrogens with zero attached hydrogens (tertiary/aromatic N) is 2. The van der Waals surface area contributed by atoms with Crippen molar-refractivity contribution in [1.29, 1.82) is 0 Å². The molecular weight excluding hydrogens is 532 g/mol. The van der Waals surface area contributed by atoms with E-state index in [1.165, 1.54) is 43.6 Å². The van der Waals surface area contributed by atoms with Gasteiger partial charge in [0, 0.05) is 13.2 Å². The fourth-order valence-electron chi connectivity index (χ4n) is 2.65. The fraction of sp³-hybridized carbons (Fsp3) is 0.0952. The molecule has 2 aromatic carbocycles. The highest BCUT2D eigenvalue weighted by Gasteiger charge is 2.24. The Bertz CT molecular complexity index is 1350. The minimum atomic E-state index is -4.13. The van der Waals surface area contributed by atoms with Gasteiger partial charge >= 0.3 is 5.97 Å². The number of sulfonamides is 1. The summed E-state index contributed by atoms with van der Waals surface area (Å²) in [6, 6.07) is 9.61. The molecule has 0 bridgehead atoms. The van der Waals surface area contributed by atoms with Gasteiger partial charge in [-0.1, -0.05) is 34.8 Å². The Morgan fingerprint density at radius 2 is 1.74 bits per heavy atom. The molecule has 0 saturated heterocycles. The zero-order valence-corrected chi connectivity index (χ0v) is 20.3. The predicted molar refractivity (Wildman–Crippen MR) is 127 cm³/mol. The number of amides is 1. The number of ether oxygens (including phenoxy) is 1. The van der Waals surface area contributed by atoms with E-state index < -0.39 is 34.3 Å². The molecule has 34 heavy (non-hydrogen) atoms. The van der Waals surface area contributed by atoms with Crippen molar-refractivity contribution in [3.8, 4) is 0 Å². The van der Waals surface area contributed by atoms with Gasteiger partial charge < -0.3 is 10.1 Å². The first-order valence-electron chi connectivity index (χ1n) is 9.31. The second kappa shape index (κ2) is 10.6. The summed E-state index contributed by atoms with van der Waals surface area (Å²) in [5.41, 5.74) is -0.0719. The summed E-state index contributed by atoms with van der Waals surface area (Å²) < 4.78 is 45.0. The molecule has 3 rings (SSSR count). The van der Waals surface area contributed by atoms with Crippen LogP contribution in [0.25, 0.3) is 0 Å². The van der Waals surface area contributed by atoms with Gasteiger partial charge in [0.05, 0.1) is 31.2 Å². The van der Waals surface area contributed by atoms with E-state index in [2.05, 4.69) is 10.3 Å². The maximum Gasteiger partial charge on any atom is 0.340 e. The van der Waals surface area contributed by atoms with Crippen LogP contribution < -0.4 is 9.62 Å². The summed E-state index contributed by atoms with van der Waals surface area (Å²) in [6.07, 6.45) is 1.27. The molecule has 1 aromatic heterocycles. The number of rotatable bonds is 7. The van der Waals surface area contributed by atoms with Crippen LogP contribution in [0.4, 0.5) is 15.9 Å². The molecule has 0 fully saturated rings. The van der Waals surface area contributed by atoms with Crippen LogP contribution in [0, 0.1) is 5.82 Å². The molecule has 0 aliphatic carbocycles. The minimum absolute atomic E-state index is 0.0158. The van der Waals surface area contributed by atoms with E-state index >= 15 is 0 Å². The second-order valence-electron chi connectivity index (χ2n) is 6.70. The van der Waals surface area contributed by atoms with E-state index in [0.29, 0.717) is 0 Å². The zero-order valence-electron chi connectivity index (χ0n) is 17.3. The topological polar surface area (TPSA) is 106 Å². The molecule has 13 heteroatoms. The lowest BCUT2D eigenvalue weighted by Gasteiger charge is -2.20. The van der Waals surface area contributed by atoms with E-state index in [1.54, 1.807) is 0 Å². The monoisotopic (exact) mass is 545 g/mol. The third-order valence-corrected chi connectivity index (χ3v) is 7.01. The Balaban J connectivity index is 1.74. The molecule has 178 valence electrons. The number of benzene rings is 2. The quantitative estimate of drug-likeness (QED) is 0.427. The number of hydrogen-bond donors (Lipinski definition) is 1. The molecule has 0 unspecified atom stereocenters. The van der Waals surface area contributed by atoms with Gasteiger partial charge in [-0.15, -0.1) is 0 Å². The summed E-state index contributed by atoms with van der Waals surface area (Å²) in [7, 11) is -2.85. The van der Waals surface area contributed by atoms with Gasteiger partial charge in [-0.05, 0) is 48.5 Å². The zero-order chi connectivity index (χ0) is 25.0. The third kappa shape index (κ3) is 5.95. The first-order valence-corrected chi connectivity index (χ1v) is 11.9. The smallest absolute Gasteiger partial charge is 0.340 e. The highest BCUT2D eigenvalue weighted by Crippen LogP contribution is 2.27. The Hall–Kier alpha value is -2.92. The van der Waals surface area contributed by atoms with Crippen LogP contribution in [-0.2, 0) is 19.6 Å². The fourth-order valence-corrected chi connectivity index (χ4v) is 4.50. The lowest BCUT2D eigenvalue weighted by atomic mass is 10.2. The van der Waals surface area contributed by atoms with E-state index in [0.717, 1.165) is 22.5 Å². The van der Waals surface area contributed by atoms with E-state index in [1.807, 2.05) is 0 Å². The SMILES string of the molecule is CN(c1ccc(F)cc1)S(=O)(=O)c1ccc(Cl)c(C(=O)OCC(=O)Nc2ncc(Cl)cc2Cl)c1. The molecule has 0 radical (unpaired) electrons. The standard InChI is InChI=1S/C21H15Cl3FN3O5S/c1-28(14-4-2-13(25)3-5-14)34(31,32)15-6-7-17(23)16(9-15)21(30)33-11-19(29)27-20-18(24)8-12(22)10-26-20/h2-10H,11H2,1H3,(H,26,27,29). The molecule has 1 heterocycles. The van der Waals surface area contributed by atoms with E-state index in [-0.39, 0.29) is 37.0 Å². The van der Waals surface area contributed by atoms with Crippen LogP contribution in [0.3, 0.4) is 0 Å². The van der Waals surface area contributed by atoms with Crippen LogP contribution in [-0.4, -0.2) is 38.9 Å². The molecule has 0 atom stereocenters. The molecule has 0 spiro atoms. The van der Waals surface area contributed by atoms with Gasteiger partial charge in [-0.25, -0.2) is 22.6 Å². The number of esters is 1. The molecule has 0 aliphatic rings. The van der Waals surface area contributed by atoms with Crippen molar-refractivity contribution in [3.05, 3.63) is 81.2 Å². The predicted octanol–water partition coefficient (Wildman–Crippen LogP) is 4.80. The number of halogens is 4. The lowest BCUT2D eigenvalue weighted by molar-refractivity contribution is -0.119. The average Bonchev–Trinajstić information content (AvgIpc) is 2.79. The molecule has 3 aromatic rings. The number of nitrogens with one attached hydrogen (secondary N) is 1. The number of anilines is 2. The minimum Gasteiger partial charge on any atom is -0.452 e. The summed E-state index contributed by atoms with van der Waals surface area (Å²) in [6.45, 7) is -0.720. The number of pyridine rings is 1. The van der Waals surface area contributed by atoms with Crippen molar-refractivity contribution in [1.82, 2.24) is 4.98 Å². The maximum atomic E-state index is 13.2. The largest absolute Gasteiger partial charge is 0.452 e. The van der Waals surface area contributed by atoms with Gasteiger partial charge in [-0.2, -0.15) is 0 Å². The third-order valence-electron chi connectivity index (χ3n) is 4.41. The van der Waals surface area contributed by atoms with Crippen LogP contribution in [0.5, 0.6) is 0 Å². The van der Waals surface area contributed by atoms with Gasteiger partial charge in [0.1, 0.15) is 5.82 Å². The van der Waals surface area contributed by atoms with Crippen molar-refractivity contribution in [2.24, 2.45) is 0 Å². The van der Waals surface area contributed by atoms with Crippen LogP contribution in [0.2, 0.25) is 15.1 Å². The number of aromatic nitrogens is 1. The van der Waals surface area contributed by atoms with E-state index in [4.69, 9.17) is 39.5 Å². The van der Waals surface area contributed by atoms with Crippen molar-refractivity contribution in [3.63, 3.8) is 0 Å². The average molecular weight is 547 g/mol.